The summed E-state index contributed by atoms with van der Waals surface area (Å²) in [5.41, 5.74) is 0.732. The minimum Gasteiger partial charge on any atom is -0.342 e. The molecular formula is C17H21N5O2. The van der Waals surface area contributed by atoms with Crippen LogP contribution < -0.4 is 0 Å². The van der Waals surface area contributed by atoms with Gasteiger partial charge in [0.05, 0.1) is 0 Å². The number of hydrogen-bond acceptors (Lipinski definition) is 5. The van der Waals surface area contributed by atoms with Crippen molar-refractivity contribution >= 4 is 11.7 Å². The third kappa shape index (κ3) is 4.04. The number of likely N-dealkylation sites (tertiary alicyclic amines) is 1. The van der Waals surface area contributed by atoms with Gasteiger partial charge in [0.1, 0.15) is 6.33 Å². The number of Topliss-reactive ketones (excluding diaryl/α,β-unsaturated/α-hetero) is 1. The van der Waals surface area contributed by atoms with E-state index < -0.39 is 0 Å². The molecule has 0 aliphatic carbocycles. The first-order chi connectivity index (χ1) is 11.7. The number of carbonyl (C=O) groups is 2. The molecule has 1 atom stereocenters. The van der Waals surface area contributed by atoms with Crippen LogP contribution in [0.5, 0.6) is 0 Å². The maximum absolute atomic E-state index is 12.6. The minimum absolute atomic E-state index is 0.0929. The van der Waals surface area contributed by atoms with E-state index in [0.717, 1.165) is 24.9 Å². The van der Waals surface area contributed by atoms with Crippen molar-refractivity contribution in [3.63, 3.8) is 0 Å². The molecule has 1 saturated heterocycles. The summed E-state index contributed by atoms with van der Waals surface area (Å²) in [4.78, 5) is 26.8. The Morgan fingerprint density at radius 1 is 1.21 bits per heavy atom. The second-order valence-corrected chi connectivity index (χ2v) is 6.09. The minimum atomic E-state index is -0.0929. The van der Waals surface area contributed by atoms with Gasteiger partial charge in [-0.15, -0.1) is 5.10 Å². The molecule has 1 aromatic heterocycles. The molecule has 3 rings (SSSR count). The maximum Gasteiger partial charge on any atom is 0.222 e. The van der Waals surface area contributed by atoms with Crippen molar-refractivity contribution in [2.75, 3.05) is 13.1 Å². The molecule has 7 nitrogen and oxygen atoms in total. The van der Waals surface area contributed by atoms with Crippen LogP contribution in [0, 0.1) is 5.92 Å². The van der Waals surface area contributed by atoms with Crippen molar-refractivity contribution in [3.05, 3.63) is 42.2 Å². The standard InChI is InChI=1S/C17H21N5O2/c23-16(9-5-11-22-13-18-19-20-22)21-10-4-8-15(12-21)17(24)14-6-2-1-3-7-14/h1-3,6-7,13,15H,4-5,8-12H2. The molecule has 0 radical (unpaired) electrons. The number of aryl methyl sites for hydroxylation is 1. The molecule has 2 heterocycles. The summed E-state index contributed by atoms with van der Waals surface area (Å²) >= 11 is 0. The van der Waals surface area contributed by atoms with Gasteiger partial charge < -0.3 is 4.90 Å². The zero-order valence-corrected chi connectivity index (χ0v) is 13.5. The molecule has 1 aromatic carbocycles. The van der Waals surface area contributed by atoms with E-state index in [9.17, 15) is 9.59 Å². The summed E-state index contributed by atoms with van der Waals surface area (Å²) in [5, 5.41) is 10.9. The van der Waals surface area contributed by atoms with Crippen molar-refractivity contribution in [3.8, 4) is 0 Å². The lowest BCUT2D eigenvalue weighted by Gasteiger charge is -2.32. The van der Waals surface area contributed by atoms with Gasteiger partial charge in [-0.3, -0.25) is 9.59 Å². The molecule has 1 unspecified atom stereocenters. The zero-order chi connectivity index (χ0) is 16.8. The van der Waals surface area contributed by atoms with Crippen LogP contribution in [0.3, 0.4) is 0 Å². The van der Waals surface area contributed by atoms with Crippen molar-refractivity contribution in [2.24, 2.45) is 5.92 Å². The van der Waals surface area contributed by atoms with Crippen LogP contribution in [0.2, 0.25) is 0 Å². The Balaban J connectivity index is 1.51. The van der Waals surface area contributed by atoms with Gasteiger partial charge in [0, 0.05) is 37.5 Å². The first kappa shape index (κ1) is 16.3. The number of amides is 1. The molecule has 0 spiro atoms. The highest BCUT2D eigenvalue weighted by atomic mass is 16.2. The third-order valence-electron chi connectivity index (χ3n) is 4.37. The van der Waals surface area contributed by atoms with Crippen LogP contribution in [-0.4, -0.2) is 49.9 Å². The Kier molecular flexibility index (Phi) is 5.30. The first-order valence-electron chi connectivity index (χ1n) is 8.32. The molecule has 0 bridgehead atoms. The average Bonchev–Trinajstić information content (AvgIpc) is 3.15. The fourth-order valence-electron chi connectivity index (χ4n) is 3.09. The van der Waals surface area contributed by atoms with E-state index in [2.05, 4.69) is 15.5 Å². The van der Waals surface area contributed by atoms with E-state index in [-0.39, 0.29) is 17.6 Å². The van der Waals surface area contributed by atoms with Crippen molar-refractivity contribution in [2.45, 2.75) is 32.2 Å². The molecule has 126 valence electrons. The predicted octanol–water partition coefficient (Wildman–Crippen LogP) is 1.57. The summed E-state index contributed by atoms with van der Waals surface area (Å²) in [7, 11) is 0. The highest BCUT2D eigenvalue weighted by molar-refractivity contribution is 5.98. The highest BCUT2D eigenvalue weighted by Gasteiger charge is 2.28. The molecule has 24 heavy (non-hydrogen) atoms. The number of aromatic nitrogens is 4. The lowest BCUT2D eigenvalue weighted by molar-refractivity contribution is -0.132. The number of nitrogens with zero attached hydrogens (tertiary/aromatic N) is 5. The SMILES string of the molecule is O=C(c1ccccc1)C1CCCN(C(=O)CCCn2cnnn2)C1. The number of hydrogen-bond donors (Lipinski definition) is 0. The Morgan fingerprint density at radius 3 is 2.79 bits per heavy atom. The fraction of sp³-hybridized carbons (Fsp3) is 0.471. The van der Waals surface area contributed by atoms with Crippen LogP contribution >= 0.6 is 0 Å². The average molecular weight is 327 g/mol. The normalized spacial score (nSPS) is 17.7. The summed E-state index contributed by atoms with van der Waals surface area (Å²) in [6, 6.07) is 9.33. The van der Waals surface area contributed by atoms with Crippen LogP contribution in [0.25, 0.3) is 0 Å². The van der Waals surface area contributed by atoms with Crippen molar-refractivity contribution in [1.29, 1.82) is 0 Å². The molecule has 0 saturated carbocycles. The fourth-order valence-corrected chi connectivity index (χ4v) is 3.09. The molecule has 1 aliphatic rings. The van der Waals surface area contributed by atoms with E-state index in [1.54, 1.807) is 11.0 Å². The number of benzene rings is 1. The smallest absolute Gasteiger partial charge is 0.222 e. The lowest BCUT2D eigenvalue weighted by atomic mass is 9.90. The first-order valence-corrected chi connectivity index (χ1v) is 8.32. The van der Waals surface area contributed by atoms with Crippen LogP contribution in [0.15, 0.2) is 36.7 Å². The van der Waals surface area contributed by atoms with Crippen LogP contribution in [0.1, 0.15) is 36.0 Å². The van der Waals surface area contributed by atoms with Crippen LogP contribution in [0.4, 0.5) is 0 Å². The predicted molar refractivity (Wildman–Crippen MR) is 87.1 cm³/mol. The second kappa shape index (κ2) is 7.81. The maximum atomic E-state index is 12.6. The monoisotopic (exact) mass is 327 g/mol. The number of ketones is 1. The van der Waals surface area contributed by atoms with E-state index in [1.165, 1.54) is 0 Å². The van der Waals surface area contributed by atoms with E-state index >= 15 is 0 Å². The molecule has 7 heteroatoms. The zero-order valence-electron chi connectivity index (χ0n) is 13.5. The summed E-state index contributed by atoms with van der Waals surface area (Å²) in [6.45, 7) is 1.89. The van der Waals surface area contributed by atoms with Crippen LogP contribution in [-0.2, 0) is 11.3 Å². The quantitative estimate of drug-likeness (QED) is 0.752. The Labute approximate surface area is 140 Å². The van der Waals surface area contributed by atoms with E-state index in [4.69, 9.17) is 0 Å². The Hall–Kier alpha value is -2.57. The van der Waals surface area contributed by atoms with Gasteiger partial charge in [0.2, 0.25) is 5.91 Å². The Morgan fingerprint density at radius 2 is 2.04 bits per heavy atom. The van der Waals surface area contributed by atoms with Gasteiger partial charge in [-0.25, -0.2) is 4.68 Å². The van der Waals surface area contributed by atoms with Gasteiger partial charge in [-0.05, 0) is 29.7 Å². The number of tetrazole rings is 1. The van der Waals surface area contributed by atoms with Crippen molar-refractivity contribution in [1.82, 2.24) is 25.1 Å². The molecule has 2 aromatic rings. The van der Waals surface area contributed by atoms with E-state index in [0.29, 0.717) is 25.9 Å². The van der Waals surface area contributed by atoms with Gasteiger partial charge in [-0.2, -0.15) is 0 Å². The molecular weight excluding hydrogens is 306 g/mol. The van der Waals surface area contributed by atoms with Gasteiger partial charge in [0.15, 0.2) is 5.78 Å². The topological polar surface area (TPSA) is 81.0 Å². The third-order valence-corrected chi connectivity index (χ3v) is 4.37. The van der Waals surface area contributed by atoms with E-state index in [1.807, 2.05) is 35.2 Å². The molecule has 1 amide bonds. The highest BCUT2D eigenvalue weighted by Crippen LogP contribution is 2.21. The number of piperidine rings is 1. The summed E-state index contributed by atoms with van der Waals surface area (Å²) in [5.74, 6) is 0.153. The summed E-state index contributed by atoms with van der Waals surface area (Å²) in [6.07, 6.45) is 4.41. The van der Waals surface area contributed by atoms with Gasteiger partial charge >= 0.3 is 0 Å². The molecule has 1 fully saturated rings. The van der Waals surface area contributed by atoms with Gasteiger partial charge in [-0.1, -0.05) is 30.3 Å². The molecule has 1 aliphatic heterocycles. The van der Waals surface area contributed by atoms with Gasteiger partial charge in [0.25, 0.3) is 0 Å². The largest absolute Gasteiger partial charge is 0.342 e. The second-order valence-electron chi connectivity index (χ2n) is 6.09. The lowest BCUT2D eigenvalue weighted by Crippen LogP contribution is -2.42. The Bertz CT molecular complexity index is 672. The molecule has 0 N–H and O–H groups in total. The summed E-state index contributed by atoms with van der Waals surface area (Å²) < 4.78 is 1.62. The van der Waals surface area contributed by atoms with Crippen molar-refractivity contribution < 1.29 is 9.59 Å². The number of rotatable bonds is 6. The number of carbonyl (C=O) groups excluding carboxylic acids is 2.